The zero-order valence-corrected chi connectivity index (χ0v) is 19.7. The minimum absolute atomic E-state index is 0.571. The molecule has 4 aliphatic rings. The third-order valence-corrected chi connectivity index (χ3v) is 11.0. The summed E-state index contributed by atoms with van der Waals surface area (Å²) in [5, 5.41) is 0. The van der Waals surface area contributed by atoms with Gasteiger partial charge in [-0.2, -0.15) is 0 Å². The van der Waals surface area contributed by atoms with Crippen LogP contribution < -0.4 is 0 Å². The molecule has 0 heterocycles. The van der Waals surface area contributed by atoms with Crippen LogP contribution >= 0.6 is 0 Å². The largest absolute Gasteiger partial charge is 0.0845 e. The molecular formula is C28H48. The van der Waals surface area contributed by atoms with Gasteiger partial charge in [-0.15, -0.1) is 0 Å². The Balaban J connectivity index is 1.48. The second-order valence-electron chi connectivity index (χ2n) is 11.9. The van der Waals surface area contributed by atoms with Gasteiger partial charge in [0.05, 0.1) is 0 Å². The molecule has 28 heavy (non-hydrogen) atoms. The molecule has 0 amide bonds. The van der Waals surface area contributed by atoms with Gasteiger partial charge in [-0.1, -0.05) is 78.4 Å². The van der Waals surface area contributed by atoms with Crippen LogP contribution in [0, 0.1) is 46.3 Å². The highest BCUT2D eigenvalue weighted by atomic mass is 14.6. The molecule has 0 nitrogen and oxygen atoms in total. The van der Waals surface area contributed by atoms with E-state index in [-0.39, 0.29) is 0 Å². The second kappa shape index (κ2) is 8.11. The highest BCUT2D eigenvalue weighted by molar-refractivity contribution is 5.24. The molecule has 0 radical (unpaired) electrons. The van der Waals surface area contributed by atoms with Gasteiger partial charge in [-0.05, 0) is 97.7 Å². The van der Waals surface area contributed by atoms with Crippen molar-refractivity contribution in [2.75, 3.05) is 0 Å². The van der Waals surface area contributed by atoms with Gasteiger partial charge in [0.1, 0.15) is 0 Å². The van der Waals surface area contributed by atoms with E-state index in [4.69, 9.17) is 0 Å². The van der Waals surface area contributed by atoms with E-state index in [2.05, 4.69) is 40.7 Å². The number of hydrogen-bond donors (Lipinski definition) is 0. The normalized spacial score (nSPS) is 43.9. The minimum Gasteiger partial charge on any atom is -0.0845 e. The summed E-state index contributed by atoms with van der Waals surface area (Å²) >= 11 is 0. The van der Waals surface area contributed by atoms with Crippen LogP contribution in [0.1, 0.15) is 118 Å². The topological polar surface area (TPSA) is 0 Å². The average Bonchev–Trinajstić information content (AvgIpc) is 3.05. The van der Waals surface area contributed by atoms with Crippen molar-refractivity contribution in [2.45, 2.75) is 118 Å². The summed E-state index contributed by atoms with van der Waals surface area (Å²) in [6.07, 6.45) is 21.8. The van der Waals surface area contributed by atoms with E-state index in [0.29, 0.717) is 10.8 Å². The molecule has 3 fully saturated rings. The predicted octanol–water partition coefficient (Wildman–Crippen LogP) is 8.81. The van der Waals surface area contributed by atoms with Gasteiger partial charge in [0.2, 0.25) is 0 Å². The number of hydrogen-bond acceptors (Lipinski definition) is 0. The summed E-state index contributed by atoms with van der Waals surface area (Å²) in [7, 11) is 0. The van der Waals surface area contributed by atoms with Gasteiger partial charge in [-0.3, -0.25) is 0 Å². The lowest BCUT2D eigenvalue weighted by Gasteiger charge is -2.58. The number of fused-ring (bicyclic) bond motifs is 5. The Morgan fingerprint density at radius 2 is 1.75 bits per heavy atom. The second-order valence-corrected chi connectivity index (χ2v) is 11.9. The molecule has 0 aromatic heterocycles. The standard InChI is InChI=1S/C28H48/c1-6-21(7-2)12-11-20(3)24-15-16-25-23-14-13-22-10-8-9-18-27(22,4)26(23)17-19-28(24,25)5/h13,20-21,23-26H,6-12,14-19H2,1-5H3. The first-order valence-corrected chi connectivity index (χ1v) is 13.1. The highest BCUT2D eigenvalue weighted by Gasteiger charge is 2.58. The third-order valence-electron chi connectivity index (χ3n) is 11.0. The van der Waals surface area contributed by atoms with Gasteiger partial charge in [0.25, 0.3) is 0 Å². The van der Waals surface area contributed by atoms with E-state index in [1.165, 1.54) is 83.5 Å². The molecule has 0 saturated heterocycles. The van der Waals surface area contributed by atoms with Crippen molar-refractivity contribution >= 4 is 0 Å². The molecule has 4 rings (SSSR count). The molecule has 0 aliphatic heterocycles. The van der Waals surface area contributed by atoms with Gasteiger partial charge in [0.15, 0.2) is 0 Å². The van der Waals surface area contributed by atoms with Crippen molar-refractivity contribution in [2.24, 2.45) is 46.3 Å². The van der Waals surface area contributed by atoms with E-state index in [1.54, 1.807) is 0 Å². The summed E-state index contributed by atoms with van der Waals surface area (Å²) in [6, 6.07) is 0. The Hall–Kier alpha value is -0.260. The van der Waals surface area contributed by atoms with Crippen LogP contribution in [0.4, 0.5) is 0 Å². The maximum atomic E-state index is 2.75. The number of rotatable bonds is 6. The molecule has 160 valence electrons. The van der Waals surface area contributed by atoms with E-state index < -0.39 is 0 Å². The predicted molar refractivity (Wildman–Crippen MR) is 122 cm³/mol. The SMILES string of the molecule is CCC(CC)CCC(C)C1CCC2C3CC=C4CCCCC4(C)C3CCC12C. The van der Waals surface area contributed by atoms with Crippen molar-refractivity contribution in [1.29, 1.82) is 0 Å². The van der Waals surface area contributed by atoms with E-state index in [0.717, 1.165) is 35.5 Å². The molecular weight excluding hydrogens is 336 g/mol. The maximum Gasteiger partial charge on any atom is -0.00853 e. The maximum absolute atomic E-state index is 2.75. The molecule has 0 bridgehead atoms. The third kappa shape index (κ3) is 3.33. The van der Waals surface area contributed by atoms with Crippen molar-refractivity contribution < 1.29 is 0 Å². The van der Waals surface area contributed by atoms with Crippen LogP contribution in [-0.4, -0.2) is 0 Å². The summed E-state index contributed by atoms with van der Waals surface area (Å²) in [4.78, 5) is 0. The van der Waals surface area contributed by atoms with Crippen LogP contribution in [0.25, 0.3) is 0 Å². The fourth-order valence-electron chi connectivity index (χ4n) is 9.07. The Morgan fingerprint density at radius 1 is 0.964 bits per heavy atom. The summed E-state index contributed by atoms with van der Waals surface area (Å²) < 4.78 is 0. The molecule has 3 saturated carbocycles. The van der Waals surface area contributed by atoms with Crippen molar-refractivity contribution in [3.05, 3.63) is 11.6 Å². The van der Waals surface area contributed by atoms with Crippen molar-refractivity contribution in [1.82, 2.24) is 0 Å². The highest BCUT2D eigenvalue weighted by Crippen LogP contribution is 2.67. The Labute approximate surface area is 176 Å². The molecule has 0 aromatic carbocycles. The first kappa shape index (κ1) is 21.0. The van der Waals surface area contributed by atoms with Gasteiger partial charge < -0.3 is 0 Å². The van der Waals surface area contributed by atoms with Crippen LogP contribution in [0.3, 0.4) is 0 Å². The van der Waals surface area contributed by atoms with E-state index >= 15 is 0 Å². The van der Waals surface area contributed by atoms with Crippen LogP contribution in [-0.2, 0) is 0 Å². The lowest BCUT2D eigenvalue weighted by molar-refractivity contribution is -0.0502. The quantitative estimate of drug-likeness (QED) is 0.401. The zero-order valence-electron chi connectivity index (χ0n) is 19.7. The smallest absolute Gasteiger partial charge is 0.00853 e. The van der Waals surface area contributed by atoms with Gasteiger partial charge in [0, 0.05) is 0 Å². The van der Waals surface area contributed by atoms with Crippen LogP contribution in [0.15, 0.2) is 11.6 Å². The molecule has 4 aliphatic carbocycles. The monoisotopic (exact) mass is 384 g/mol. The Morgan fingerprint density at radius 3 is 2.50 bits per heavy atom. The Kier molecular flexibility index (Phi) is 6.08. The Bertz CT molecular complexity index is 569. The van der Waals surface area contributed by atoms with Crippen LogP contribution in [0.2, 0.25) is 0 Å². The minimum atomic E-state index is 0.571. The van der Waals surface area contributed by atoms with Crippen molar-refractivity contribution in [3.8, 4) is 0 Å². The molecule has 7 unspecified atom stereocenters. The molecule has 0 spiro atoms. The molecule has 0 N–H and O–H groups in total. The summed E-state index contributed by atoms with van der Waals surface area (Å²) in [6.45, 7) is 12.8. The first-order chi connectivity index (χ1) is 13.4. The van der Waals surface area contributed by atoms with Crippen LogP contribution in [0.5, 0.6) is 0 Å². The fourth-order valence-corrected chi connectivity index (χ4v) is 9.07. The molecule has 0 aromatic rings. The fraction of sp³-hybridized carbons (Fsp3) is 0.929. The zero-order chi connectivity index (χ0) is 19.9. The molecule has 7 atom stereocenters. The first-order valence-electron chi connectivity index (χ1n) is 13.1. The van der Waals surface area contributed by atoms with Gasteiger partial charge >= 0.3 is 0 Å². The molecule has 0 heteroatoms. The lowest BCUT2D eigenvalue weighted by atomic mass is 9.47. The number of allylic oxidation sites excluding steroid dienone is 2. The lowest BCUT2D eigenvalue weighted by Crippen LogP contribution is -2.50. The summed E-state index contributed by atoms with van der Waals surface area (Å²) in [5.74, 6) is 5.93. The van der Waals surface area contributed by atoms with Crippen molar-refractivity contribution in [3.63, 3.8) is 0 Å². The van der Waals surface area contributed by atoms with Gasteiger partial charge in [-0.25, -0.2) is 0 Å². The van der Waals surface area contributed by atoms with E-state index in [9.17, 15) is 0 Å². The summed E-state index contributed by atoms with van der Waals surface area (Å²) in [5.41, 5.74) is 3.09. The average molecular weight is 385 g/mol. The van der Waals surface area contributed by atoms with E-state index in [1.807, 2.05) is 5.57 Å².